The van der Waals surface area contributed by atoms with Gasteiger partial charge in [-0.25, -0.2) is 13.4 Å². The quantitative estimate of drug-likeness (QED) is 0.511. The maximum Gasteiger partial charge on any atom is 0.290 e. The molecule has 0 saturated carbocycles. The van der Waals surface area contributed by atoms with Gasteiger partial charge in [-0.1, -0.05) is 18.2 Å². The zero-order valence-corrected chi connectivity index (χ0v) is 21.0. The summed E-state index contributed by atoms with van der Waals surface area (Å²) in [5, 5.41) is 1.79. The number of carbonyl (C=O) groups excluding carboxylic acids is 2. The van der Waals surface area contributed by atoms with Crippen LogP contribution in [-0.2, 0) is 14.8 Å². The second kappa shape index (κ2) is 10.7. The Bertz CT molecular complexity index is 1230. The van der Waals surface area contributed by atoms with Gasteiger partial charge in [0.1, 0.15) is 6.61 Å². The molecule has 0 unspecified atom stereocenters. The fourth-order valence-corrected chi connectivity index (χ4v) is 5.59. The molecule has 3 heterocycles. The van der Waals surface area contributed by atoms with Crippen LogP contribution in [0.5, 0.6) is 5.88 Å². The van der Waals surface area contributed by atoms with E-state index in [-0.39, 0.29) is 22.9 Å². The predicted octanol–water partition coefficient (Wildman–Crippen LogP) is 1.25. The molecule has 0 radical (unpaired) electrons. The first-order valence-corrected chi connectivity index (χ1v) is 13.2. The number of anilines is 1. The van der Waals surface area contributed by atoms with E-state index >= 15 is 0 Å². The normalized spacial score (nSPS) is 18.4. The number of nitrogens with one attached hydrogen (secondary N) is 1. The maximum atomic E-state index is 12.9. The second-order valence-electron chi connectivity index (χ2n) is 8.14. The van der Waals surface area contributed by atoms with E-state index in [1.807, 2.05) is 23.9 Å². The minimum Gasteiger partial charge on any atom is -0.476 e. The van der Waals surface area contributed by atoms with Crippen LogP contribution >= 0.6 is 11.8 Å². The minimum atomic E-state index is -3.58. The van der Waals surface area contributed by atoms with Gasteiger partial charge < -0.3 is 14.5 Å². The number of piperazine rings is 1. The van der Waals surface area contributed by atoms with Crippen molar-refractivity contribution in [2.75, 3.05) is 58.3 Å². The van der Waals surface area contributed by atoms with Crippen molar-refractivity contribution >= 4 is 45.0 Å². The van der Waals surface area contributed by atoms with Crippen LogP contribution in [-0.4, -0.2) is 92.2 Å². The standard InChI is InChI=1S/C22H26N6O5S2/c1-26(2)12-13-33-19-15-16(14-18-20(29)25-22(30)34-18)23-21(24-19)27-8-10-28(11-9-27)35(31,32)17-6-4-3-5-7-17/h3-7,14-15H,8-13H2,1-2H3,(H,25,29,30)/b18-14+. The Morgan fingerprint density at radius 2 is 1.83 bits per heavy atom. The number of hydrogen-bond acceptors (Lipinski definition) is 10. The zero-order chi connectivity index (χ0) is 25.0. The third-order valence-electron chi connectivity index (χ3n) is 5.32. The highest BCUT2D eigenvalue weighted by Crippen LogP contribution is 2.27. The Hall–Kier alpha value is -3.00. The van der Waals surface area contributed by atoms with Crippen LogP contribution in [0.4, 0.5) is 10.7 Å². The smallest absolute Gasteiger partial charge is 0.290 e. The van der Waals surface area contributed by atoms with Gasteiger partial charge in [0.25, 0.3) is 11.1 Å². The number of benzene rings is 1. The molecular weight excluding hydrogens is 492 g/mol. The summed E-state index contributed by atoms with van der Waals surface area (Å²) in [5.74, 6) is 0.221. The number of aromatic nitrogens is 2. The summed E-state index contributed by atoms with van der Waals surface area (Å²) in [5.41, 5.74) is 0.418. The fraction of sp³-hybridized carbons (Fsp3) is 0.364. The third kappa shape index (κ3) is 6.17. The molecule has 1 aromatic heterocycles. The van der Waals surface area contributed by atoms with Gasteiger partial charge in [0.15, 0.2) is 0 Å². The number of sulfonamides is 1. The van der Waals surface area contributed by atoms with Gasteiger partial charge in [0, 0.05) is 38.8 Å². The lowest BCUT2D eigenvalue weighted by Crippen LogP contribution is -2.49. The highest BCUT2D eigenvalue weighted by molar-refractivity contribution is 8.18. The molecule has 2 saturated heterocycles. The summed E-state index contributed by atoms with van der Waals surface area (Å²) in [6.45, 7) is 2.40. The first kappa shape index (κ1) is 25.1. The number of hydrogen-bond donors (Lipinski definition) is 1. The molecule has 0 bridgehead atoms. The molecule has 2 aromatic rings. The van der Waals surface area contributed by atoms with Crippen molar-refractivity contribution in [1.29, 1.82) is 0 Å². The largest absolute Gasteiger partial charge is 0.476 e. The summed E-state index contributed by atoms with van der Waals surface area (Å²) in [6.07, 6.45) is 1.52. The van der Waals surface area contributed by atoms with Crippen LogP contribution in [0.2, 0.25) is 0 Å². The van der Waals surface area contributed by atoms with Gasteiger partial charge in [0.2, 0.25) is 21.9 Å². The summed E-state index contributed by atoms with van der Waals surface area (Å²) in [7, 11) is 0.279. The van der Waals surface area contributed by atoms with E-state index in [2.05, 4.69) is 15.3 Å². The minimum absolute atomic E-state index is 0.234. The van der Waals surface area contributed by atoms with E-state index in [0.29, 0.717) is 43.8 Å². The van der Waals surface area contributed by atoms with Crippen LogP contribution in [0.15, 0.2) is 46.2 Å². The van der Waals surface area contributed by atoms with E-state index in [0.717, 1.165) is 11.8 Å². The summed E-state index contributed by atoms with van der Waals surface area (Å²) in [6, 6.07) is 9.95. The molecule has 0 aliphatic carbocycles. The van der Waals surface area contributed by atoms with Crippen molar-refractivity contribution in [1.82, 2.24) is 24.5 Å². The molecule has 2 aliphatic rings. The van der Waals surface area contributed by atoms with Gasteiger partial charge in [-0.05, 0) is 44.1 Å². The number of carbonyl (C=O) groups is 2. The molecule has 2 fully saturated rings. The van der Waals surface area contributed by atoms with Crippen molar-refractivity contribution < 1.29 is 22.7 Å². The molecule has 0 atom stereocenters. The van der Waals surface area contributed by atoms with Crippen molar-refractivity contribution in [3.8, 4) is 5.88 Å². The van der Waals surface area contributed by atoms with Gasteiger partial charge in [-0.2, -0.15) is 9.29 Å². The SMILES string of the molecule is CN(C)CCOc1cc(/C=C2/SC(=O)NC2=O)nc(N2CCN(S(=O)(=O)c3ccccc3)CC2)n1. The van der Waals surface area contributed by atoms with Gasteiger partial charge in [0.05, 0.1) is 15.5 Å². The topological polar surface area (TPSA) is 125 Å². The van der Waals surface area contributed by atoms with E-state index in [1.54, 1.807) is 36.4 Å². The molecule has 186 valence electrons. The molecule has 1 N–H and O–H groups in total. The number of rotatable bonds is 8. The molecular formula is C22H26N6O5S2. The lowest BCUT2D eigenvalue weighted by atomic mass is 10.3. The molecule has 1 aromatic carbocycles. The van der Waals surface area contributed by atoms with Gasteiger partial charge in [-0.15, -0.1) is 0 Å². The third-order valence-corrected chi connectivity index (χ3v) is 8.05. The summed E-state index contributed by atoms with van der Waals surface area (Å²) in [4.78, 5) is 36.9. The Morgan fingerprint density at radius 3 is 2.46 bits per heavy atom. The number of thioether (sulfide) groups is 1. The molecule has 2 aliphatic heterocycles. The predicted molar refractivity (Wildman–Crippen MR) is 133 cm³/mol. The molecule has 11 nitrogen and oxygen atoms in total. The van der Waals surface area contributed by atoms with Crippen LogP contribution in [0.3, 0.4) is 0 Å². The maximum absolute atomic E-state index is 12.9. The number of amides is 2. The second-order valence-corrected chi connectivity index (χ2v) is 11.1. The summed E-state index contributed by atoms with van der Waals surface area (Å²) < 4.78 is 33.1. The molecule has 35 heavy (non-hydrogen) atoms. The molecule has 0 spiro atoms. The fourth-order valence-electron chi connectivity index (χ4n) is 3.48. The Labute approximate surface area is 208 Å². The molecule has 4 rings (SSSR count). The average Bonchev–Trinajstić information content (AvgIpc) is 3.15. The zero-order valence-electron chi connectivity index (χ0n) is 19.4. The highest BCUT2D eigenvalue weighted by Gasteiger charge is 2.30. The van der Waals surface area contributed by atoms with Crippen LogP contribution in [0.1, 0.15) is 5.69 Å². The van der Waals surface area contributed by atoms with Crippen molar-refractivity contribution in [2.45, 2.75) is 4.90 Å². The van der Waals surface area contributed by atoms with Crippen LogP contribution in [0.25, 0.3) is 6.08 Å². The van der Waals surface area contributed by atoms with Gasteiger partial charge >= 0.3 is 0 Å². The molecule has 13 heteroatoms. The Kier molecular flexibility index (Phi) is 7.69. The number of imide groups is 1. The first-order chi connectivity index (χ1) is 16.7. The summed E-state index contributed by atoms with van der Waals surface area (Å²) >= 11 is 0.805. The average molecular weight is 519 g/mol. The first-order valence-electron chi connectivity index (χ1n) is 10.9. The monoisotopic (exact) mass is 518 g/mol. The Balaban J connectivity index is 1.54. The van der Waals surface area contributed by atoms with E-state index in [9.17, 15) is 18.0 Å². The van der Waals surface area contributed by atoms with Crippen molar-refractivity contribution in [3.63, 3.8) is 0 Å². The molecule has 2 amide bonds. The Morgan fingerprint density at radius 1 is 1.11 bits per heavy atom. The van der Waals surface area contributed by atoms with Crippen LogP contribution < -0.4 is 15.0 Å². The number of likely N-dealkylation sites (N-methyl/N-ethyl adjacent to an activating group) is 1. The lowest BCUT2D eigenvalue weighted by Gasteiger charge is -2.34. The van der Waals surface area contributed by atoms with Crippen LogP contribution in [0, 0.1) is 0 Å². The van der Waals surface area contributed by atoms with Gasteiger partial charge in [-0.3, -0.25) is 14.9 Å². The van der Waals surface area contributed by atoms with Crippen molar-refractivity contribution in [2.24, 2.45) is 0 Å². The van der Waals surface area contributed by atoms with Crippen molar-refractivity contribution in [3.05, 3.63) is 47.0 Å². The number of nitrogens with zero attached hydrogens (tertiary/aromatic N) is 5. The number of ether oxygens (including phenoxy) is 1. The lowest BCUT2D eigenvalue weighted by molar-refractivity contribution is -0.115. The van der Waals surface area contributed by atoms with E-state index in [1.165, 1.54) is 10.4 Å². The highest BCUT2D eigenvalue weighted by atomic mass is 32.2. The van der Waals surface area contributed by atoms with E-state index in [4.69, 9.17) is 4.74 Å². The van der Waals surface area contributed by atoms with E-state index < -0.39 is 21.2 Å².